The quantitative estimate of drug-likeness (QED) is 0.679. The average molecular weight is 394 g/mol. The van der Waals surface area contributed by atoms with E-state index in [1.165, 1.54) is 7.11 Å². The van der Waals surface area contributed by atoms with Crippen LogP contribution >= 0.6 is 11.8 Å². The van der Waals surface area contributed by atoms with Gasteiger partial charge in [0.2, 0.25) is 0 Å². The summed E-state index contributed by atoms with van der Waals surface area (Å²) in [6.07, 6.45) is 0. The van der Waals surface area contributed by atoms with E-state index in [-0.39, 0.29) is 12.4 Å². The number of hydrogen-bond donors (Lipinski definition) is 2. The lowest BCUT2D eigenvalue weighted by Crippen LogP contribution is -2.31. The van der Waals surface area contributed by atoms with E-state index in [1.54, 1.807) is 39.2 Å². The Kier molecular flexibility index (Phi) is 7.12. The van der Waals surface area contributed by atoms with E-state index in [2.05, 4.69) is 10.3 Å². The molecule has 0 radical (unpaired) electrons. The molecule has 27 heavy (non-hydrogen) atoms. The van der Waals surface area contributed by atoms with Crippen molar-refractivity contribution in [1.29, 1.82) is 0 Å². The number of hydrogen-bond acceptors (Lipinski definition) is 8. The number of benzene rings is 1. The van der Waals surface area contributed by atoms with Crippen LogP contribution in [0.4, 0.5) is 0 Å². The van der Waals surface area contributed by atoms with Crippen LogP contribution in [-0.4, -0.2) is 48.8 Å². The van der Waals surface area contributed by atoms with Crippen molar-refractivity contribution in [1.82, 2.24) is 5.32 Å². The van der Waals surface area contributed by atoms with Gasteiger partial charge in [0, 0.05) is 17.3 Å². The number of esters is 1. The minimum absolute atomic E-state index is 0.152. The second kappa shape index (κ2) is 9.31. The number of amidine groups is 1. The summed E-state index contributed by atoms with van der Waals surface area (Å²) in [7, 11) is 3.07. The van der Waals surface area contributed by atoms with Crippen molar-refractivity contribution in [2.45, 2.75) is 19.9 Å². The Labute approximate surface area is 161 Å². The number of ether oxygens (including phenoxy) is 3. The first-order valence-electron chi connectivity index (χ1n) is 8.20. The number of aliphatic imine (C=N–C) groups is 1. The summed E-state index contributed by atoms with van der Waals surface area (Å²) in [4.78, 5) is 28.0. The fraction of sp³-hybridized carbons (Fsp3) is 0.389. The first kappa shape index (κ1) is 20.6. The van der Waals surface area contributed by atoms with Crippen molar-refractivity contribution in [3.05, 3.63) is 35.0 Å². The average Bonchev–Trinajstić information content (AvgIpc) is 2.65. The summed E-state index contributed by atoms with van der Waals surface area (Å²) in [5.41, 5.74) is 1.55. The molecule has 8 nitrogen and oxygen atoms in total. The Morgan fingerprint density at radius 1 is 1.30 bits per heavy atom. The van der Waals surface area contributed by atoms with Crippen LogP contribution in [0.3, 0.4) is 0 Å². The lowest BCUT2D eigenvalue weighted by molar-refractivity contribution is -0.139. The largest absolute Gasteiger partial charge is 0.497 e. The molecule has 9 heteroatoms. The third-order valence-corrected chi connectivity index (χ3v) is 4.65. The van der Waals surface area contributed by atoms with Crippen LogP contribution in [0.25, 0.3) is 0 Å². The van der Waals surface area contributed by atoms with E-state index in [9.17, 15) is 9.59 Å². The molecule has 1 aliphatic rings. The highest BCUT2D eigenvalue weighted by atomic mass is 32.2. The highest BCUT2D eigenvalue weighted by Gasteiger charge is 2.32. The second-order valence-corrected chi connectivity index (χ2v) is 6.48. The zero-order chi connectivity index (χ0) is 20.0. The third-order valence-electron chi connectivity index (χ3n) is 3.78. The molecule has 0 aromatic heterocycles. The zero-order valence-corrected chi connectivity index (χ0v) is 16.4. The SMILES string of the molecule is CCOC(=O)C1=C(C)NC(SCC(=O)O)=N[C@@H]1c1ccc(OC)cc1OC. The summed E-state index contributed by atoms with van der Waals surface area (Å²) in [6.45, 7) is 3.68. The number of allylic oxidation sites excluding steroid dienone is 1. The molecular formula is C18H22N2O6S. The van der Waals surface area contributed by atoms with Crippen LogP contribution in [0.1, 0.15) is 25.5 Å². The van der Waals surface area contributed by atoms with Gasteiger partial charge in [-0.25, -0.2) is 9.79 Å². The summed E-state index contributed by atoms with van der Waals surface area (Å²) in [5.74, 6) is -0.493. The van der Waals surface area contributed by atoms with E-state index in [0.717, 1.165) is 11.8 Å². The monoisotopic (exact) mass is 394 g/mol. The molecule has 1 aromatic rings. The van der Waals surface area contributed by atoms with Gasteiger partial charge in [-0.3, -0.25) is 4.79 Å². The molecular weight excluding hydrogens is 372 g/mol. The smallest absolute Gasteiger partial charge is 0.338 e. The van der Waals surface area contributed by atoms with E-state index in [0.29, 0.717) is 33.5 Å². The summed E-state index contributed by atoms with van der Waals surface area (Å²) in [5, 5.41) is 12.3. The van der Waals surface area contributed by atoms with E-state index >= 15 is 0 Å². The molecule has 1 aliphatic heterocycles. The summed E-state index contributed by atoms with van der Waals surface area (Å²) in [6, 6.07) is 4.53. The van der Waals surface area contributed by atoms with Crippen LogP contribution in [-0.2, 0) is 14.3 Å². The Bertz CT molecular complexity index is 790. The maximum atomic E-state index is 12.5. The molecule has 0 spiro atoms. The van der Waals surface area contributed by atoms with Crippen molar-refractivity contribution in [3.63, 3.8) is 0 Å². The van der Waals surface area contributed by atoms with Gasteiger partial charge in [-0.2, -0.15) is 0 Å². The second-order valence-electron chi connectivity index (χ2n) is 5.51. The van der Waals surface area contributed by atoms with Crippen molar-refractivity contribution < 1.29 is 28.9 Å². The minimum atomic E-state index is -0.957. The van der Waals surface area contributed by atoms with Crippen LogP contribution in [0.5, 0.6) is 11.5 Å². The van der Waals surface area contributed by atoms with Crippen molar-refractivity contribution >= 4 is 28.9 Å². The molecule has 0 saturated carbocycles. The molecule has 146 valence electrons. The number of carbonyl (C=O) groups is 2. The highest BCUT2D eigenvalue weighted by Crippen LogP contribution is 2.39. The molecule has 1 aromatic carbocycles. The fourth-order valence-electron chi connectivity index (χ4n) is 2.59. The van der Waals surface area contributed by atoms with Gasteiger partial charge < -0.3 is 24.6 Å². The predicted molar refractivity (Wildman–Crippen MR) is 102 cm³/mol. The van der Waals surface area contributed by atoms with E-state index in [1.807, 2.05) is 0 Å². The van der Waals surface area contributed by atoms with E-state index < -0.39 is 18.0 Å². The van der Waals surface area contributed by atoms with Crippen molar-refractivity contribution in [3.8, 4) is 11.5 Å². The molecule has 1 atom stereocenters. The number of rotatable bonds is 7. The lowest BCUT2D eigenvalue weighted by Gasteiger charge is -2.26. The molecule has 0 aliphatic carbocycles. The lowest BCUT2D eigenvalue weighted by atomic mass is 9.95. The maximum Gasteiger partial charge on any atom is 0.338 e. The Morgan fingerprint density at radius 3 is 2.63 bits per heavy atom. The number of carboxylic acid groups (broad SMARTS) is 1. The molecule has 2 N–H and O–H groups in total. The van der Waals surface area contributed by atoms with Gasteiger partial charge in [0.05, 0.1) is 32.2 Å². The van der Waals surface area contributed by atoms with Crippen LogP contribution in [0, 0.1) is 0 Å². The van der Waals surface area contributed by atoms with Gasteiger partial charge in [0.25, 0.3) is 0 Å². The number of carbonyl (C=O) groups excluding carboxylic acids is 1. The molecule has 0 unspecified atom stereocenters. The molecule has 0 fully saturated rings. The number of methoxy groups -OCH3 is 2. The molecule has 0 saturated heterocycles. The molecule has 1 heterocycles. The number of thioether (sulfide) groups is 1. The highest BCUT2D eigenvalue weighted by molar-refractivity contribution is 8.14. The summed E-state index contributed by atoms with van der Waals surface area (Å²) >= 11 is 1.04. The topological polar surface area (TPSA) is 106 Å². The van der Waals surface area contributed by atoms with Gasteiger partial charge in [-0.05, 0) is 26.0 Å². The first-order chi connectivity index (χ1) is 12.9. The molecule has 0 bridgehead atoms. The van der Waals surface area contributed by atoms with Gasteiger partial charge in [-0.15, -0.1) is 0 Å². The van der Waals surface area contributed by atoms with Crippen LogP contribution in [0.15, 0.2) is 34.5 Å². The van der Waals surface area contributed by atoms with Gasteiger partial charge in [0.15, 0.2) is 5.17 Å². The molecule has 0 amide bonds. The standard InChI is InChI=1S/C18H22N2O6S/c1-5-26-17(23)15-10(2)19-18(27-9-14(21)22)20-16(15)12-7-6-11(24-3)8-13(12)25-4/h6-8,16H,5,9H2,1-4H3,(H,19,20)(H,21,22)/t16-/m1/s1. The Hall–Kier alpha value is -2.68. The number of nitrogens with one attached hydrogen (secondary N) is 1. The first-order valence-corrected chi connectivity index (χ1v) is 9.19. The van der Waals surface area contributed by atoms with Crippen LogP contribution in [0.2, 0.25) is 0 Å². The van der Waals surface area contributed by atoms with Gasteiger partial charge >= 0.3 is 11.9 Å². The number of nitrogens with zero attached hydrogens (tertiary/aromatic N) is 1. The fourth-order valence-corrected chi connectivity index (χ4v) is 3.26. The Balaban J connectivity index is 2.51. The van der Waals surface area contributed by atoms with Crippen molar-refractivity contribution in [2.75, 3.05) is 26.6 Å². The minimum Gasteiger partial charge on any atom is -0.497 e. The predicted octanol–water partition coefficient (Wildman–Crippen LogP) is 2.36. The maximum absolute atomic E-state index is 12.5. The zero-order valence-electron chi connectivity index (χ0n) is 15.6. The van der Waals surface area contributed by atoms with Crippen molar-refractivity contribution in [2.24, 2.45) is 4.99 Å². The van der Waals surface area contributed by atoms with Gasteiger partial charge in [-0.1, -0.05) is 11.8 Å². The molecule has 2 rings (SSSR count). The normalized spacial score (nSPS) is 16.3. The van der Waals surface area contributed by atoms with Crippen LogP contribution < -0.4 is 14.8 Å². The number of carboxylic acids is 1. The summed E-state index contributed by atoms with van der Waals surface area (Å²) < 4.78 is 15.9. The number of aliphatic carboxylic acids is 1. The third kappa shape index (κ3) is 4.94. The Morgan fingerprint density at radius 2 is 2.04 bits per heavy atom. The van der Waals surface area contributed by atoms with E-state index in [4.69, 9.17) is 19.3 Å². The van der Waals surface area contributed by atoms with Gasteiger partial charge in [0.1, 0.15) is 17.5 Å².